The van der Waals surface area contributed by atoms with Crippen LogP contribution in [-0.2, 0) is 6.54 Å². The molecule has 3 aromatic rings. The first kappa shape index (κ1) is 20.6. The summed E-state index contributed by atoms with van der Waals surface area (Å²) in [5.74, 6) is -0.877. The lowest BCUT2D eigenvalue weighted by atomic mass is 9.77. The summed E-state index contributed by atoms with van der Waals surface area (Å²) in [7, 11) is 3.08. The van der Waals surface area contributed by atoms with Gasteiger partial charge in [0, 0.05) is 33.0 Å². The van der Waals surface area contributed by atoms with E-state index in [1.165, 1.54) is 17.2 Å². The number of nitrogens with one attached hydrogen (secondary N) is 2. The van der Waals surface area contributed by atoms with Crippen molar-refractivity contribution in [2.45, 2.75) is 32.9 Å². The van der Waals surface area contributed by atoms with Gasteiger partial charge in [0.1, 0.15) is 11.4 Å². The zero-order chi connectivity index (χ0) is 22.5. The van der Waals surface area contributed by atoms with Gasteiger partial charge >= 0.3 is 0 Å². The standard InChI is InChI=1S/C21H24N6O4/c1-21(2)7-10-27-12(6-9-23-27)19(21)25-14-13(17(29)18(14)30)24-11-5-8-22-15(16(11)28)20(31)26(3)4/h5-6,8-9,19,25,28H,7,10H2,1-4H3,(H,22,24). The molecule has 4 rings (SSSR count). The highest BCUT2D eigenvalue weighted by molar-refractivity contribution is 5.97. The van der Waals surface area contributed by atoms with Crippen LogP contribution in [0.25, 0.3) is 0 Å². The van der Waals surface area contributed by atoms with Crippen molar-refractivity contribution < 1.29 is 9.90 Å². The number of rotatable bonds is 5. The molecule has 162 valence electrons. The molecule has 0 saturated carbocycles. The van der Waals surface area contributed by atoms with Crippen LogP contribution in [-0.4, -0.2) is 44.8 Å². The third kappa shape index (κ3) is 3.33. The predicted octanol–water partition coefficient (Wildman–Crippen LogP) is 1.61. The quantitative estimate of drug-likeness (QED) is 0.527. The van der Waals surface area contributed by atoms with Crippen LogP contribution in [0.2, 0.25) is 0 Å². The molecule has 3 heterocycles. The zero-order valence-electron chi connectivity index (χ0n) is 17.8. The SMILES string of the molecule is CN(C)C(=O)c1nccc(Nc2c(NC3c4ccnn4CCC3(C)C)c(=O)c2=O)c1O. The number of hydrogen-bond donors (Lipinski definition) is 3. The molecule has 0 spiro atoms. The molecule has 1 aliphatic heterocycles. The zero-order valence-corrected chi connectivity index (χ0v) is 17.8. The summed E-state index contributed by atoms with van der Waals surface area (Å²) >= 11 is 0. The minimum atomic E-state index is -0.693. The van der Waals surface area contributed by atoms with Crippen LogP contribution < -0.4 is 21.5 Å². The van der Waals surface area contributed by atoms with Crippen molar-refractivity contribution in [2.75, 3.05) is 24.7 Å². The number of aromatic nitrogens is 3. The molecule has 1 amide bonds. The number of hydrogen-bond acceptors (Lipinski definition) is 8. The van der Waals surface area contributed by atoms with Gasteiger partial charge in [0.25, 0.3) is 16.8 Å². The second-order valence-electron chi connectivity index (χ2n) is 8.58. The number of amides is 1. The lowest BCUT2D eigenvalue weighted by molar-refractivity contribution is 0.0819. The van der Waals surface area contributed by atoms with E-state index in [1.54, 1.807) is 20.3 Å². The first-order chi connectivity index (χ1) is 14.6. The van der Waals surface area contributed by atoms with Crippen LogP contribution in [0.4, 0.5) is 17.1 Å². The van der Waals surface area contributed by atoms with Crippen molar-refractivity contribution in [3.8, 4) is 5.75 Å². The van der Waals surface area contributed by atoms with Gasteiger partial charge in [-0.25, -0.2) is 4.98 Å². The molecule has 1 aliphatic rings. The fraction of sp³-hybridized carbons (Fsp3) is 0.381. The first-order valence-electron chi connectivity index (χ1n) is 9.90. The minimum absolute atomic E-state index is 0.0437. The van der Waals surface area contributed by atoms with E-state index in [2.05, 4.69) is 34.6 Å². The van der Waals surface area contributed by atoms with Crippen molar-refractivity contribution in [1.82, 2.24) is 19.7 Å². The Labute approximate surface area is 178 Å². The van der Waals surface area contributed by atoms with Crippen LogP contribution in [0.5, 0.6) is 5.75 Å². The topological polar surface area (TPSA) is 129 Å². The lowest BCUT2D eigenvalue weighted by Crippen LogP contribution is -2.42. The minimum Gasteiger partial charge on any atom is -0.504 e. The number of nitrogens with zero attached hydrogens (tertiary/aromatic N) is 4. The molecule has 0 aliphatic carbocycles. The predicted molar refractivity (Wildman–Crippen MR) is 116 cm³/mol. The van der Waals surface area contributed by atoms with E-state index in [-0.39, 0.29) is 34.2 Å². The Bertz CT molecular complexity index is 1240. The van der Waals surface area contributed by atoms with Crippen molar-refractivity contribution in [1.29, 1.82) is 0 Å². The summed E-state index contributed by atoms with van der Waals surface area (Å²) in [6.45, 7) is 4.96. The molecule has 0 radical (unpaired) electrons. The second kappa shape index (κ2) is 7.22. The maximum Gasteiger partial charge on any atom is 0.275 e. The maximum absolute atomic E-state index is 12.4. The number of pyridine rings is 1. The Kier molecular flexibility index (Phi) is 4.79. The third-order valence-corrected chi connectivity index (χ3v) is 5.79. The van der Waals surface area contributed by atoms with E-state index in [4.69, 9.17) is 0 Å². The van der Waals surface area contributed by atoms with Gasteiger partial charge < -0.3 is 20.6 Å². The molecule has 1 unspecified atom stereocenters. The largest absolute Gasteiger partial charge is 0.504 e. The van der Waals surface area contributed by atoms with E-state index >= 15 is 0 Å². The number of carbonyl (C=O) groups is 1. The highest BCUT2D eigenvalue weighted by Gasteiger charge is 2.38. The van der Waals surface area contributed by atoms with Gasteiger partial charge in [-0.05, 0) is 24.0 Å². The second-order valence-corrected chi connectivity index (χ2v) is 8.58. The number of carbonyl (C=O) groups excluding carboxylic acids is 1. The molecular formula is C21H24N6O4. The highest BCUT2D eigenvalue weighted by atomic mass is 16.3. The van der Waals surface area contributed by atoms with E-state index in [9.17, 15) is 19.5 Å². The summed E-state index contributed by atoms with van der Waals surface area (Å²) in [5.41, 5.74) is -0.423. The summed E-state index contributed by atoms with van der Waals surface area (Å²) in [6.07, 6.45) is 3.91. The van der Waals surface area contributed by atoms with Gasteiger partial charge in [0.15, 0.2) is 11.4 Å². The molecule has 0 bridgehead atoms. The maximum atomic E-state index is 12.4. The average Bonchev–Trinajstić information content (AvgIpc) is 3.20. The summed E-state index contributed by atoms with van der Waals surface area (Å²) in [5, 5.41) is 20.8. The molecule has 0 fully saturated rings. The Balaban J connectivity index is 1.67. The van der Waals surface area contributed by atoms with Gasteiger partial charge in [-0.1, -0.05) is 13.8 Å². The molecule has 3 N–H and O–H groups in total. The lowest BCUT2D eigenvalue weighted by Gasteiger charge is -2.40. The number of fused-ring (bicyclic) bond motifs is 1. The van der Waals surface area contributed by atoms with Crippen LogP contribution in [0, 0.1) is 5.41 Å². The van der Waals surface area contributed by atoms with Crippen molar-refractivity contribution in [3.63, 3.8) is 0 Å². The Hall–Kier alpha value is -3.69. The molecule has 10 heteroatoms. The van der Waals surface area contributed by atoms with Gasteiger partial charge in [-0.2, -0.15) is 5.10 Å². The number of anilines is 3. The fourth-order valence-electron chi connectivity index (χ4n) is 3.83. The van der Waals surface area contributed by atoms with Crippen molar-refractivity contribution in [3.05, 3.63) is 56.4 Å². The van der Waals surface area contributed by atoms with E-state index in [0.29, 0.717) is 0 Å². The summed E-state index contributed by atoms with van der Waals surface area (Å²) < 4.78 is 1.88. The van der Waals surface area contributed by atoms with E-state index in [0.717, 1.165) is 18.7 Å². The molecule has 1 aromatic carbocycles. The van der Waals surface area contributed by atoms with E-state index < -0.39 is 22.5 Å². The molecule has 0 saturated heterocycles. The van der Waals surface area contributed by atoms with Gasteiger partial charge in [0.2, 0.25) is 0 Å². The number of aromatic hydroxyl groups is 1. The molecule has 10 nitrogen and oxygen atoms in total. The summed E-state index contributed by atoms with van der Waals surface area (Å²) in [6, 6.07) is 3.09. The van der Waals surface area contributed by atoms with Gasteiger partial charge in [-0.15, -0.1) is 0 Å². The normalized spacial score (nSPS) is 17.2. The Morgan fingerprint density at radius 2 is 1.90 bits per heavy atom. The van der Waals surface area contributed by atoms with Crippen LogP contribution in [0.3, 0.4) is 0 Å². The Morgan fingerprint density at radius 3 is 2.61 bits per heavy atom. The van der Waals surface area contributed by atoms with Gasteiger partial charge in [0.05, 0.1) is 17.4 Å². The molecular weight excluding hydrogens is 400 g/mol. The number of aryl methyl sites for hydroxylation is 1. The first-order valence-corrected chi connectivity index (χ1v) is 9.90. The van der Waals surface area contributed by atoms with Crippen LogP contribution >= 0.6 is 0 Å². The Morgan fingerprint density at radius 1 is 1.19 bits per heavy atom. The van der Waals surface area contributed by atoms with Crippen LogP contribution in [0.1, 0.15) is 42.5 Å². The molecule has 1 atom stereocenters. The smallest absolute Gasteiger partial charge is 0.275 e. The average molecular weight is 424 g/mol. The van der Waals surface area contributed by atoms with Crippen molar-refractivity contribution >= 4 is 23.0 Å². The highest BCUT2D eigenvalue weighted by Crippen LogP contribution is 2.43. The van der Waals surface area contributed by atoms with Gasteiger partial charge in [-0.3, -0.25) is 19.1 Å². The summed E-state index contributed by atoms with van der Waals surface area (Å²) in [4.78, 5) is 42.1. The molecule has 31 heavy (non-hydrogen) atoms. The van der Waals surface area contributed by atoms with Crippen LogP contribution in [0.15, 0.2) is 34.1 Å². The third-order valence-electron chi connectivity index (χ3n) is 5.79. The van der Waals surface area contributed by atoms with E-state index in [1.807, 2.05) is 10.7 Å². The monoisotopic (exact) mass is 424 g/mol. The van der Waals surface area contributed by atoms with Crippen molar-refractivity contribution in [2.24, 2.45) is 5.41 Å². The fourth-order valence-corrected chi connectivity index (χ4v) is 3.83. The molecule has 2 aromatic heterocycles.